The highest BCUT2D eigenvalue weighted by atomic mass is 16.6. The topological polar surface area (TPSA) is 102 Å². The van der Waals surface area contributed by atoms with E-state index in [0.29, 0.717) is 0 Å². The average Bonchev–Trinajstić information content (AvgIpc) is 2.16. The van der Waals surface area contributed by atoms with Gasteiger partial charge < -0.3 is 21.0 Å². The molecule has 0 aliphatic rings. The smallest absolute Gasteiger partial charge is 0.368 e. The zero-order chi connectivity index (χ0) is 9.84. The summed E-state index contributed by atoms with van der Waals surface area (Å²) in [7, 11) is 0. The van der Waals surface area contributed by atoms with Crippen LogP contribution in [0.25, 0.3) is 0 Å². The summed E-state index contributed by atoms with van der Waals surface area (Å²) >= 11 is 0. The Balaban J connectivity index is 3.11. The number of aromatic nitrogens is 1. The Kier molecular flexibility index (Phi) is 2.88. The van der Waals surface area contributed by atoms with Gasteiger partial charge in [-0.15, -0.1) is 0 Å². The van der Waals surface area contributed by atoms with Crippen molar-refractivity contribution in [3.05, 3.63) is 34.0 Å². The van der Waals surface area contributed by atoms with Gasteiger partial charge in [0.15, 0.2) is 0 Å². The van der Waals surface area contributed by atoms with Gasteiger partial charge >= 0.3 is 5.82 Å². The highest BCUT2D eigenvalue weighted by Gasteiger charge is 2.18. The molecule has 0 saturated heterocycles. The van der Waals surface area contributed by atoms with Crippen LogP contribution in [0.15, 0.2) is 18.3 Å². The molecule has 6 nitrogen and oxygen atoms in total. The minimum Gasteiger partial charge on any atom is -0.394 e. The second-order valence-corrected chi connectivity index (χ2v) is 2.46. The molecule has 0 saturated carbocycles. The number of pyridine rings is 1. The zero-order valence-electron chi connectivity index (χ0n) is 6.75. The van der Waals surface area contributed by atoms with Crippen LogP contribution in [0, 0.1) is 10.1 Å². The first-order valence-electron chi connectivity index (χ1n) is 3.62. The maximum atomic E-state index is 10.4. The Hall–Kier alpha value is -1.53. The SMILES string of the molecule is N[C@H](CO)c1cccnc1[N+](=O)[O-]. The number of aliphatic hydroxyl groups excluding tert-OH is 1. The number of nitrogens with zero attached hydrogens (tertiary/aromatic N) is 2. The van der Waals surface area contributed by atoms with E-state index in [9.17, 15) is 10.1 Å². The first kappa shape index (κ1) is 9.56. The molecule has 0 aliphatic heterocycles. The van der Waals surface area contributed by atoms with Crippen molar-refractivity contribution in [1.29, 1.82) is 0 Å². The standard InChI is InChI=1S/C7H9N3O3/c8-6(4-11)5-2-1-3-9-7(5)10(12)13/h1-3,6,11H,4,8H2/t6-/m1/s1. The van der Waals surface area contributed by atoms with Crippen molar-refractivity contribution in [2.24, 2.45) is 5.73 Å². The summed E-state index contributed by atoms with van der Waals surface area (Å²) in [5, 5.41) is 19.2. The minimum atomic E-state index is -0.755. The van der Waals surface area contributed by atoms with Gasteiger partial charge in [-0.25, -0.2) is 0 Å². The predicted molar refractivity (Wildman–Crippen MR) is 44.9 cm³/mol. The first-order valence-corrected chi connectivity index (χ1v) is 3.62. The molecule has 0 fully saturated rings. The predicted octanol–water partition coefficient (Wildman–Crippen LogP) is -0.0181. The van der Waals surface area contributed by atoms with Crippen molar-refractivity contribution >= 4 is 5.82 Å². The highest BCUT2D eigenvalue weighted by molar-refractivity contribution is 5.34. The number of aliphatic hydroxyl groups is 1. The summed E-state index contributed by atoms with van der Waals surface area (Å²) in [4.78, 5) is 13.4. The Morgan fingerprint density at radius 3 is 3.00 bits per heavy atom. The summed E-state index contributed by atoms with van der Waals surface area (Å²) in [6.45, 7) is -0.341. The number of nitro groups is 1. The second-order valence-electron chi connectivity index (χ2n) is 2.46. The van der Waals surface area contributed by atoms with Crippen LogP contribution in [-0.2, 0) is 0 Å². The molecule has 70 valence electrons. The Bertz CT molecular complexity index is 316. The van der Waals surface area contributed by atoms with E-state index >= 15 is 0 Å². The molecule has 1 aromatic rings. The molecule has 0 aliphatic carbocycles. The van der Waals surface area contributed by atoms with Crippen LogP contribution in [0.2, 0.25) is 0 Å². The summed E-state index contributed by atoms with van der Waals surface area (Å²) in [5.41, 5.74) is 5.68. The Labute approximate surface area is 74.2 Å². The van der Waals surface area contributed by atoms with Gasteiger partial charge in [0.2, 0.25) is 0 Å². The van der Waals surface area contributed by atoms with Crippen molar-refractivity contribution < 1.29 is 10.0 Å². The fourth-order valence-electron chi connectivity index (χ4n) is 0.950. The van der Waals surface area contributed by atoms with Gasteiger partial charge in [-0.2, -0.15) is 0 Å². The van der Waals surface area contributed by atoms with E-state index < -0.39 is 11.0 Å². The molecule has 0 unspecified atom stereocenters. The van der Waals surface area contributed by atoms with Crippen LogP contribution in [0.4, 0.5) is 5.82 Å². The van der Waals surface area contributed by atoms with Crippen LogP contribution in [0.5, 0.6) is 0 Å². The van der Waals surface area contributed by atoms with Crippen molar-refractivity contribution in [3.8, 4) is 0 Å². The fraction of sp³-hybridized carbons (Fsp3) is 0.286. The zero-order valence-corrected chi connectivity index (χ0v) is 6.75. The number of hydrogen-bond donors (Lipinski definition) is 2. The molecule has 0 aromatic carbocycles. The van der Waals surface area contributed by atoms with Gasteiger partial charge in [0.25, 0.3) is 0 Å². The van der Waals surface area contributed by atoms with E-state index in [0.717, 1.165) is 0 Å². The largest absolute Gasteiger partial charge is 0.394 e. The molecule has 0 bridgehead atoms. The second kappa shape index (κ2) is 3.92. The lowest BCUT2D eigenvalue weighted by molar-refractivity contribution is -0.390. The molecule has 3 N–H and O–H groups in total. The van der Waals surface area contributed by atoms with Gasteiger partial charge in [0.05, 0.1) is 18.2 Å². The van der Waals surface area contributed by atoms with Gasteiger partial charge in [-0.05, 0) is 22.0 Å². The van der Waals surface area contributed by atoms with Crippen LogP contribution in [0.3, 0.4) is 0 Å². The van der Waals surface area contributed by atoms with E-state index in [2.05, 4.69) is 4.98 Å². The molecular formula is C7H9N3O3. The molecular weight excluding hydrogens is 174 g/mol. The molecule has 1 heterocycles. The normalized spacial score (nSPS) is 12.5. The summed E-state index contributed by atoms with van der Waals surface area (Å²) in [6, 6.07) is 2.26. The molecule has 1 rings (SSSR count). The van der Waals surface area contributed by atoms with E-state index in [4.69, 9.17) is 10.8 Å². The number of hydrogen-bond acceptors (Lipinski definition) is 5. The van der Waals surface area contributed by atoms with E-state index in [-0.39, 0.29) is 18.0 Å². The molecule has 0 spiro atoms. The van der Waals surface area contributed by atoms with E-state index in [1.54, 1.807) is 0 Å². The van der Waals surface area contributed by atoms with Gasteiger partial charge in [-0.3, -0.25) is 0 Å². The molecule has 1 atom stereocenters. The average molecular weight is 183 g/mol. The van der Waals surface area contributed by atoms with Crippen molar-refractivity contribution in [2.75, 3.05) is 6.61 Å². The maximum Gasteiger partial charge on any atom is 0.368 e. The van der Waals surface area contributed by atoms with E-state index in [1.807, 2.05) is 0 Å². The lowest BCUT2D eigenvalue weighted by Gasteiger charge is -2.07. The Morgan fingerprint density at radius 1 is 1.77 bits per heavy atom. The third-order valence-corrected chi connectivity index (χ3v) is 1.59. The van der Waals surface area contributed by atoms with Gasteiger partial charge in [-0.1, -0.05) is 0 Å². The van der Waals surface area contributed by atoms with Gasteiger partial charge in [0, 0.05) is 0 Å². The number of nitrogens with two attached hydrogens (primary N) is 1. The third-order valence-electron chi connectivity index (χ3n) is 1.59. The lowest BCUT2D eigenvalue weighted by atomic mass is 10.1. The summed E-state index contributed by atoms with van der Waals surface area (Å²) in [5.74, 6) is -0.302. The van der Waals surface area contributed by atoms with Crippen molar-refractivity contribution in [2.45, 2.75) is 6.04 Å². The first-order chi connectivity index (χ1) is 6.16. The summed E-state index contributed by atoms with van der Waals surface area (Å²) < 4.78 is 0. The van der Waals surface area contributed by atoms with E-state index in [1.165, 1.54) is 18.3 Å². The van der Waals surface area contributed by atoms with Crippen LogP contribution < -0.4 is 5.73 Å². The van der Waals surface area contributed by atoms with Crippen molar-refractivity contribution in [3.63, 3.8) is 0 Å². The molecule has 1 aromatic heterocycles. The molecule has 0 amide bonds. The minimum absolute atomic E-state index is 0.245. The van der Waals surface area contributed by atoms with Crippen molar-refractivity contribution in [1.82, 2.24) is 4.98 Å². The maximum absolute atomic E-state index is 10.4. The van der Waals surface area contributed by atoms with Crippen LogP contribution in [0.1, 0.15) is 11.6 Å². The molecule has 13 heavy (non-hydrogen) atoms. The number of rotatable bonds is 3. The third kappa shape index (κ3) is 1.98. The summed E-state index contributed by atoms with van der Waals surface area (Å²) in [6.07, 6.45) is 1.31. The quantitative estimate of drug-likeness (QED) is 0.506. The van der Waals surface area contributed by atoms with Gasteiger partial charge in [0.1, 0.15) is 6.20 Å². The monoisotopic (exact) mass is 183 g/mol. The molecule has 0 radical (unpaired) electrons. The lowest BCUT2D eigenvalue weighted by Crippen LogP contribution is -2.16. The van der Waals surface area contributed by atoms with Crippen LogP contribution in [-0.4, -0.2) is 21.6 Å². The van der Waals surface area contributed by atoms with Crippen LogP contribution >= 0.6 is 0 Å². The Morgan fingerprint density at radius 2 is 2.46 bits per heavy atom. The molecule has 6 heteroatoms. The fourth-order valence-corrected chi connectivity index (χ4v) is 0.950. The highest BCUT2D eigenvalue weighted by Crippen LogP contribution is 2.19.